The highest BCUT2D eigenvalue weighted by Gasteiger charge is 2.42. The highest BCUT2D eigenvalue weighted by molar-refractivity contribution is 6.53. The number of fused-ring (bicyclic) bond motifs is 1. The van der Waals surface area contributed by atoms with Gasteiger partial charge in [-0.3, -0.25) is 0 Å². The standard InChI is InChI=1S/C9H18BN/c1-6-5-7(11)3-2-4-8-9(6)10-8/h6-10H,2-5,11H2,1H3. The Kier molecular flexibility index (Phi) is 1.96. The van der Waals surface area contributed by atoms with Gasteiger partial charge < -0.3 is 5.73 Å². The second kappa shape index (κ2) is 2.82. The van der Waals surface area contributed by atoms with E-state index >= 15 is 0 Å². The molecule has 11 heavy (non-hydrogen) atoms. The predicted octanol–water partition coefficient (Wildman–Crippen LogP) is 1.55. The summed E-state index contributed by atoms with van der Waals surface area (Å²) in [5.74, 6) is 3.06. The zero-order valence-corrected chi connectivity index (χ0v) is 7.42. The summed E-state index contributed by atoms with van der Waals surface area (Å²) in [7, 11) is 1.51. The van der Waals surface area contributed by atoms with E-state index in [1.54, 1.807) is 0 Å². The van der Waals surface area contributed by atoms with Gasteiger partial charge in [0, 0.05) is 6.04 Å². The molecule has 2 fully saturated rings. The Morgan fingerprint density at radius 1 is 1.36 bits per heavy atom. The summed E-state index contributed by atoms with van der Waals surface area (Å²) in [6.07, 6.45) is 5.40. The van der Waals surface area contributed by atoms with E-state index in [1.807, 2.05) is 0 Å². The normalized spacial score (nSPS) is 50.0. The van der Waals surface area contributed by atoms with E-state index in [0.717, 1.165) is 17.6 Å². The van der Waals surface area contributed by atoms with Crippen LogP contribution in [0.4, 0.5) is 0 Å². The molecule has 0 aromatic rings. The number of rotatable bonds is 0. The Balaban J connectivity index is 1.92. The molecule has 4 unspecified atom stereocenters. The van der Waals surface area contributed by atoms with Crippen LogP contribution in [0.15, 0.2) is 0 Å². The largest absolute Gasteiger partial charge is 0.328 e. The predicted molar refractivity (Wildman–Crippen MR) is 50.3 cm³/mol. The van der Waals surface area contributed by atoms with Crippen molar-refractivity contribution in [2.45, 2.75) is 50.3 Å². The molecule has 1 heterocycles. The van der Waals surface area contributed by atoms with Crippen molar-refractivity contribution in [1.82, 2.24) is 0 Å². The summed E-state index contributed by atoms with van der Waals surface area (Å²) in [5.41, 5.74) is 5.98. The molecule has 1 aliphatic carbocycles. The van der Waals surface area contributed by atoms with Gasteiger partial charge in [-0.25, -0.2) is 0 Å². The van der Waals surface area contributed by atoms with Crippen molar-refractivity contribution in [2.75, 3.05) is 0 Å². The smallest absolute Gasteiger partial charge is 0.126 e. The van der Waals surface area contributed by atoms with Crippen molar-refractivity contribution < 1.29 is 0 Å². The van der Waals surface area contributed by atoms with Crippen molar-refractivity contribution in [2.24, 2.45) is 11.7 Å². The summed E-state index contributed by atoms with van der Waals surface area (Å²) < 4.78 is 0. The molecule has 0 radical (unpaired) electrons. The fraction of sp³-hybridized carbons (Fsp3) is 1.00. The molecule has 1 saturated carbocycles. The van der Waals surface area contributed by atoms with E-state index < -0.39 is 0 Å². The molecule has 62 valence electrons. The van der Waals surface area contributed by atoms with Gasteiger partial charge in [0.15, 0.2) is 0 Å². The van der Waals surface area contributed by atoms with Gasteiger partial charge >= 0.3 is 0 Å². The third kappa shape index (κ3) is 1.61. The molecule has 1 nitrogen and oxygen atoms in total. The number of nitrogens with two attached hydrogens (primary N) is 1. The molecule has 4 atom stereocenters. The Bertz CT molecular complexity index is 148. The van der Waals surface area contributed by atoms with Crippen LogP contribution in [0, 0.1) is 5.92 Å². The first-order chi connectivity index (χ1) is 5.27. The lowest BCUT2D eigenvalue weighted by Crippen LogP contribution is -2.23. The molecule has 0 aromatic carbocycles. The van der Waals surface area contributed by atoms with Gasteiger partial charge in [-0.1, -0.05) is 31.4 Å². The van der Waals surface area contributed by atoms with Crippen LogP contribution in [0.2, 0.25) is 11.6 Å². The fourth-order valence-electron chi connectivity index (χ4n) is 2.71. The SMILES string of the molecule is CC1CC(N)CCCC2BC12. The van der Waals surface area contributed by atoms with Gasteiger partial charge in [-0.05, 0) is 18.8 Å². The van der Waals surface area contributed by atoms with Crippen LogP contribution in [-0.2, 0) is 0 Å². The molecule has 2 rings (SSSR count). The molecule has 0 aromatic heterocycles. The summed E-state index contributed by atoms with van der Waals surface area (Å²) >= 11 is 0. The molecule has 2 aliphatic rings. The van der Waals surface area contributed by atoms with Crippen LogP contribution in [0.5, 0.6) is 0 Å². The first-order valence-electron chi connectivity index (χ1n) is 5.03. The van der Waals surface area contributed by atoms with Gasteiger partial charge in [0.1, 0.15) is 7.28 Å². The maximum absolute atomic E-state index is 5.98. The second-order valence-corrected chi connectivity index (χ2v) is 4.56. The molecule has 1 saturated heterocycles. The Hall–Kier alpha value is 0.0249. The molecule has 0 amide bonds. The Labute approximate surface area is 70.0 Å². The molecule has 0 bridgehead atoms. The highest BCUT2D eigenvalue weighted by atomic mass is 14.6. The highest BCUT2D eigenvalue weighted by Crippen LogP contribution is 2.52. The molecule has 2 N–H and O–H groups in total. The third-order valence-corrected chi connectivity index (χ3v) is 3.53. The van der Waals surface area contributed by atoms with Crippen molar-refractivity contribution in [3.05, 3.63) is 0 Å². The first-order valence-corrected chi connectivity index (χ1v) is 5.03. The Morgan fingerprint density at radius 3 is 3.00 bits per heavy atom. The summed E-state index contributed by atoms with van der Waals surface area (Å²) in [5, 5.41) is 0. The van der Waals surface area contributed by atoms with E-state index in [4.69, 9.17) is 5.73 Å². The number of hydrogen-bond acceptors (Lipinski definition) is 1. The quantitative estimate of drug-likeness (QED) is 0.522. The maximum Gasteiger partial charge on any atom is 0.126 e. The van der Waals surface area contributed by atoms with Gasteiger partial charge in [0.2, 0.25) is 0 Å². The van der Waals surface area contributed by atoms with Crippen LogP contribution < -0.4 is 5.73 Å². The van der Waals surface area contributed by atoms with Crippen LogP contribution in [0.25, 0.3) is 0 Å². The monoisotopic (exact) mass is 151 g/mol. The molecule has 1 aliphatic heterocycles. The van der Waals surface area contributed by atoms with E-state index in [0.29, 0.717) is 6.04 Å². The van der Waals surface area contributed by atoms with E-state index in [-0.39, 0.29) is 0 Å². The third-order valence-electron chi connectivity index (χ3n) is 3.53. The van der Waals surface area contributed by atoms with E-state index in [1.165, 1.54) is 33.0 Å². The Morgan fingerprint density at radius 2 is 2.18 bits per heavy atom. The van der Waals surface area contributed by atoms with E-state index in [2.05, 4.69) is 6.92 Å². The lowest BCUT2D eigenvalue weighted by molar-refractivity contribution is 0.400. The maximum atomic E-state index is 5.98. The van der Waals surface area contributed by atoms with Gasteiger partial charge in [0.05, 0.1) is 0 Å². The average molecular weight is 151 g/mol. The zero-order valence-electron chi connectivity index (χ0n) is 7.42. The summed E-state index contributed by atoms with van der Waals surface area (Å²) in [6, 6.07) is 0.506. The van der Waals surface area contributed by atoms with Crippen LogP contribution in [0.3, 0.4) is 0 Å². The van der Waals surface area contributed by atoms with Crippen molar-refractivity contribution >= 4 is 7.28 Å². The molecule has 0 spiro atoms. The summed E-state index contributed by atoms with van der Waals surface area (Å²) in [6.45, 7) is 2.38. The van der Waals surface area contributed by atoms with Crippen molar-refractivity contribution in [3.8, 4) is 0 Å². The minimum atomic E-state index is 0.506. The molecular formula is C9H18BN. The first kappa shape index (κ1) is 7.66. The minimum Gasteiger partial charge on any atom is -0.328 e. The molecule has 2 heteroatoms. The van der Waals surface area contributed by atoms with Crippen LogP contribution >= 0.6 is 0 Å². The van der Waals surface area contributed by atoms with Crippen LogP contribution in [-0.4, -0.2) is 13.3 Å². The number of hydrogen-bond donors (Lipinski definition) is 1. The molecular weight excluding hydrogens is 133 g/mol. The lowest BCUT2D eigenvalue weighted by atomic mass is 9.87. The zero-order chi connectivity index (χ0) is 7.84. The summed E-state index contributed by atoms with van der Waals surface area (Å²) in [4.78, 5) is 0. The van der Waals surface area contributed by atoms with Gasteiger partial charge in [0.25, 0.3) is 0 Å². The van der Waals surface area contributed by atoms with E-state index in [9.17, 15) is 0 Å². The minimum absolute atomic E-state index is 0.506. The topological polar surface area (TPSA) is 26.0 Å². The average Bonchev–Trinajstić information content (AvgIpc) is 2.64. The second-order valence-electron chi connectivity index (χ2n) is 4.56. The fourth-order valence-corrected chi connectivity index (χ4v) is 2.71. The lowest BCUT2D eigenvalue weighted by Gasteiger charge is -2.20. The van der Waals surface area contributed by atoms with Crippen molar-refractivity contribution in [1.29, 1.82) is 0 Å². The van der Waals surface area contributed by atoms with Gasteiger partial charge in [-0.2, -0.15) is 0 Å². The van der Waals surface area contributed by atoms with Crippen molar-refractivity contribution in [3.63, 3.8) is 0 Å². The van der Waals surface area contributed by atoms with Crippen LogP contribution in [0.1, 0.15) is 32.6 Å². The van der Waals surface area contributed by atoms with Gasteiger partial charge in [-0.15, -0.1) is 0 Å².